The maximum absolute atomic E-state index is 13.3. The molecular weight excluding hydrogens is 418 g/mol. The van der Waals surface area contributed by atoms with Crippen molar-refractivity contribution in [2.45, 2.75) is 6.54 Å². The van der Waals surface area contributed by atoms with Crippen LogP contribution in [-0.4, -0.2) is 75.2 Å². The Morgan fingerprint density at radius 3 is 2.48 bits per heavy atom. The van der Waals surface area contributed by atoms with E-state index in [2.05, 4.69) is 11.0 Å². The van der Waals surface area contributed by atoms with Crippen molar-refractivity contribution in [2.24, 2.45) is 0 Å². The third-order valence-electron chi connectivity index (χ3n) is 5.79. The van der Waals surface area contributed by atoms with Crippen molar-refractivity contribution in [3.8, 4) is 5.75 Å². The number of anilines is 1. The molecule has 0 saturated carbocycles. The van der Waals surface area contributed by atoms with Crippen LogP contribution < -0.4 is 9.64 Å². The van der Waals surface area contributed by atoms with Gasteiger partial charge >= 0.3 is 0 Å². The number of rotatable bonds is 6. The maximum atomic E-state index is 13.3. The molecule has 1 fully saturated rings. The highest BCUT2D eigenvalue weighted by atomic mass is 35.5. The van der Waals surface area contributed by atoms with Crippen molar-refractivity contribution in [3.63, 3.8) is 0 Å². The van der Waals surface area contributed by atoms with E-state index in [-0.39, 0.29) is 24.2 Å². The van der Waals surface area contributed by atoms with E-state index in [1.54, 1.807) is 25.2 Å². The van der Waals surface area contributed by atoms with Gasteiger partial charge < -0.3 is 24.2 Å². The second-order valence-electron chi connectivity index (χ2n) is 7.54. The number of carbonyl (C=O) groups is 2. The molecule has 0 spiro atoms. The Hall–Kier alpha value is -2.77. The predicted octanol–water partition coefficient (Wildman–Crippen LogP) is 2.68. The summed E-state index contributed by atoms with van der Waals surface area (Å²) in [5.41, 5.74) is 3.06. The molecule has 0 aromatic heterocycles. The second-order valence-corrected chi connectivity index (χ2v) is 7.54. The van der Waals surface area contributed by atoms with Gasteiger partial charge in [0.05, 0.1) is 24.8 Å². The SMILES string of the molecule is COCCN1Cc2cccc(C(=O)N3CCN(c4cccc(OC)c4)CC3)c2C1=O.Cl. The fraction of sp³-hybridized carbons (Fsp3) is 0.391. The number of halogens is 1. The number of hydrogen-bond acceptors (Lipinski definition) is 5. The first-order chi connectivity index (χ1) is 14.6. The van der Waals surface area contributed by atoms with E-state index in [0.717, 1.165) is 30.1 Å². The van der Waals surface area contributed by atoms with Crippen LogP contribution in [0.4, 0.5) is 5.69 Å². The number of benzene rings is 2. The topological polar surface area (TPSA) is 62.3 Å². The Morgan fingerprint density at radius 2 is 1.77 bits per heavy atom. The molecule has 2 aliphatic heterocycles. The number of ether oxygens (including phenoxy) is 2. The molecular formula is C23H28ClN3O4. The highest BCUT2D eigenvalue weighted by Crippen LogP contribution is 2.28. The van der Waals surface area contributed by atoms with E-state index in [0.29, 0.717) is 43.9 Å². The lowest BCUT2D eigenvalue weighted by Crippen LogP contribution is -2.49. The molecule has 0 N–H and O–H groups in total. The van der Waals surface area contributed by atoms with E-state index in [9.17, 15) is 9.59 Å². The van der Waals surface area contributed by atoms with Crippen LogP contribution in [0.25, 0.3) is 0 Å². The van der Waals surface area contributed by atoms with Crippen LogP contribution in [-0.2, 0) is 11.3 Å². The average molecular weight is 446 g/mol. The molecule has 0 aliphatic carbocycles. The summed E-state index contributed by atoms with van der Waals surface area (Å²) < 4.78 is 10.4. The Balaban J connectivity index is 0.00000272. The predicted molar refractivity (Wildman–Crippen MR) is 121 cm³/mol. The second kappa shape index (κ2) is 10.0. The Kier molecular flexibility index (Phi) is 7.41. The summed E-state index contributed by atoms with van der Waals surface area (Å²) in [5.74, 6) is 0.669. The number of amides is 2. The van der Waals surface area contributed by atoms with Crippen LogP contribution in [0.3, 0.4) is 0 Å². The lowest BCUT2D eigenvalue weighted by Gasteiger charge is -2.36. The molecule has 2 amide bonds. The smallest absolute Gasteiger partial charge is 0.255 e. The van der Waals surface area contributed by atoms with Gasteiger partial charge in [0.1, 0.15) is 5.75 Å². The van der Waals surface area contributed by atoms with Crippen molar-refractivity contribution in [1.82, 2.24) is 9.80 Å². The molecule has 7 nitrogen and oxygen atoms in total. The van der Waals surface area contributed by atoms with Crippen molar-refractivity contribution < 1.29 is 19.1 Å². The fourth-order valence-corrected chi connectivity index (χ4v) is 4.13. The van der Waals surface area contributed by atoms with Gasteiger partial charge in [0.25, 0.3) is 11.8 Å². The van der Waals surface area contributed by atoms with E-state index in [1.807, 2.05) is 35.2 Å². The minimum absolute atomic E-state index is 0. The molecule has 2 aromatic rings. The summed E-state index contributed by atoms with van der Waals surface area (Å²) in [6.07, 6.45) is 0. The minimum atomic E-state index is -0.0824. The van der Waals surface area contributed by atoms with Crippen molar-refractivity contribution in [3.05, 3.63) is 59.2 Å². The van der Waals surface area contributed by atoms with Crippen LogP contribution in [0, 0.1) is 0 Å². The standard InChI is InChI=1S/C23H27N3O4.ClH/c1-29-14-13-26-16-17-5-3-8-20(21(17)23(26)28)22(27)25-11-9-24(10-12-25)18-6-4-7-19(15-18)30-2;/h3-8,15H,9-14,16H2,1-2H3;1H. The summed E-state index contributed by atoms with van der Waals surface area (Å²) in [4.78, 5) is 32.0. The Labute approximate surface area is 188 Å². The van der Waals surface area contributed by atoms with Gasteiger partial charge in [0.15, 0.2) is 0 Å². The highest BCUT2D eigenvalue weighted by Gasteiger charge is 2.33. The van der Waals surface area contributed by atoms with E-state index in [1.165, 1.54) is 0 Å². The average Bonchev–Trinajstić information content (AvgIpc) is 3.13. The van der Waals surface area contributed by atoms with Gasteiger partial charge in [0, 0.05) is 58.1 Å². The summed E-state index contributed by atoms with van der Waals surface area (Å²) in [6, 6.07) is 13.5. The van der Waals surface area contributed by atoms with Gasteiger partial charge in [-0.25, -0.2) is 0 Å². The molecule has 2 heterocycles. The minimum Gasteiger partial charge on any atom is -0.497 e. The number of methoxy groups -OCH3 is 2. The zero-order valence-corrected chi connectivity index (χ0v) is 18.7. The molecule has 31 heavy (non-hydrogen) atoms. The van der Waals surface area contributed by atoms with Gasteiger partial charge in [-0.2, -0.15) is 0 Å². The summed E-state index contributed by atoms with van der Waals surface area (Å²) >= 11 is 0. The van der Waals surface area contributed by atoms with Crippen LogP contribution in [0.5, 0.6) is 5.75 Å². The van der Waals surface area contributed by atoms with Gasteiger partial charge in [0.2, 0.25) is 0 Å². The molecule has 2 aliphatic rings. The number of nitrogens with zero attached hydrogens (tertiary/aromatic N) is 3. The van der Waals surface area contributed by atoms with Gasteiger partial charge in [-0.05, 0) is 23.8 Å². The molecule has 2 aromatic carbocycles. The number of piperazine rings is 1. The lowest BCUT2D eigenvalue weighted by atomic mass is 10.0. The monoisotopic (exact) mass is 445 g/mol. The highest BCUT2D eigenvalue weighted by molar-refractivity contribution is 6.09. The van der Waals surface area contributed by atoms with Crippen molar-refractivity contribution >= 4 is 29.9 Å². The number of carbonyl (C=O) groups excluding carboxylic acids is 2. The zero-order chi connectivity index (χ0) is 21.1. The number of fused-ring (bicyclic) bond motifs is 1. The fourth-order valence-electron chi connectivity index (χ4n) is 4.13. The maximum Gasteiger partial charge on any atom is 0.255 e. The molecule has 8 heteroatoms. The summed E-state index contributed by atoms with van der Waals surface area (Å²) in [5, 5.41) is 0. The largest absolute Gasteiger partial charge is 0.497 e. The van der Waals surface area contributed by atoms with Crippen molar-refractivity contribution in [2.75, 3.05) is 58.5 Å². The first kappa shape index (κ1) is 22.9. The van der Waals surface area contributed by atoms with Gasteiger partial charge in [-0.1, -0.05) is 18.2 Å². The van der Waals surface area contributed by atoms with Crippen LogP contribution >= 0.6 is 12.4 Å². The normalized spacial score (nSPS) is 15.5. The molecule has 0 atom stereocenters. The zero-order valence-electron chi connectivity index (χ0n) is 17.9. The quantitative estimate of drug-likeness (QED) is 0.684. The molecule has 1 saturated heterocycles. The van der Waals surface area contributed by atoms with Crippen LogP contribution in [0.15, 0.2) is 42.5 Å². The first-order valence-electron chi connectivity index (χ1n) is 10.2. The van der Waals surface area contributed by atoms with E-state index >= 15 is 0 Å². The van der Waals surface area contributed by atoms with Crippen molar-refractivity contribution in [1.29, 1.82) is 0 Å². The molecule has 166 valence electrons. The van der Waals surface area contributed by atoms with Crippen LogP contribution in [0.2, 0.25) is 0 Å². The van der Waals surface area contributed by atoms with Crippen LogP contribution in [0.1, 0.15) is 26.3 Å². The lowest BCUT2D eigenvalue weighted by molar-refractivity contribution is 0.0697. The number of hydrogen-bond donors (Lipinski definition) is 0. The van der Waals surface area contributed by atoms with Gasteiger partial charge in [-0.3, -0.25) is 9.59 Å². The van der Waals surface area contributed by atoms with E-state index < -0.39 is 0 Å². The third-order valence-corrected chi connectivity index (χ3v) is 5.79. The molecule has 0 unspecified atom stereocenters. The summed E-state index contributed by atoms with van der Waals surface area (Å²) in [7, 11) is 3.28. The molecule has 4 rings (SSSR count). The first-order valence-corrected chi connectivity index (χ1v) is 10.2. The Morgan fingerprint density at radius 1 is 1.03 bits per heavy atom. The summed E-state index contributed by atoms with van der Waals surface area (Å²) in [6.45, 7) is 4.24. The third kappa shape index (κ3) is 4.62. The molecule has 0 radical (unpaired) electrons. The van der Waals surface area contributed by atoms with Gasteiger partial charge in [-0.15, -0.1) is 12.4 Å². The molecule has 0 bridgehead atoms. The Bertz CT molecular complexity index is 944. The van der Waals surface area contributed by atoms with E-state index in [4.69, 9.17) is 9.47 Å².